The molecule has 0 aliphatic carbocycles. The highest BCUT2D eigenvalue weighted by atomic mass is 16.6. The molecule has 1 amide bonds. The van der Waals surface area contributed by atoms with Gasteiger partial charge in [0.25, 0.3) is 0 Å². The van der Waals surface area contributed by atoms with E-state index in [1.807, 2.05) is 87.5 Å². The lowest BCUT2D eigenvalue weighted by Gasteiger charge is -2.27. The molecule has 0 aliphatic heterocycles. The van der Waals surface area contributed by atoms with E-state index in [1.165, 1.54) is 5.56 Å². The van der Waals surface area contributed by atoms with Crippen molar-refractivity contribution in [1.82, 2.24) is 4.90 Å². The highest BCUT2D eigenvalue weighted by Crippen LogP contribution is 2.30. The van der Waals surface area contributed by atoms with Gasteiger partial charge in [-0.1, -0.05) is 66.7 Å². The van der Waals surface area contributed by atoms with Gasteiger partial charge in [-0.2, -0.15) is 0 Å². The summed E-state index contributed by atoms with van der Waals surface area (Å²) in [6.07, 6.45) is 0.329. The fourth-order valence-corrected chi connectivity index (χ4v) is 4.32. The molecule has 0 aliphatic rings. The van der Waals surface area contributed by atoms with Crippen LogP contribution in [0.2, 0.25) is 0 Å². The van der Waals surface area contributed by atoms with Crippen LogP contribution in [0.15, 0.2) is 78.9 Å². The molecule has 0 spiro atoms. The number of carbonyl (C=O) groups is 1. The maximum atomic E-state index is 13.2. The van der Waals surface area contributed by atoms with E-state index in [4.69, 9.17) is 38.3 Å². The van der Waals surface area contributed by atoms with Gasteiger partial charge in [0.15, 0.2) is 11.5 Å². The van der Waals surface area contributed by atoms with Crippen molar-refractivity contribution in [2.75, 3.05) is 72.6 Å². The van der Waals surface area contributed by atoms with Gasteiger partial charge in [0, 0.05) is 19.5 Å². The first-order chi connectivity index (χ1) is 22.8. The Morgan fingerprint density at radius 2 is 1.21 bits per heavy atom. The van der Waals surface area contributed by atoms with Crippen molar-refractivity contribution in [2.24, 2.45) is 0 Å². The Morgan fingerprint density at radius 3 is 1.81 bits per heavy atom. The van der Waals surface area contributed by atoms with E-state index in [2.05, 4.69) is 12.1 Å². The van der Waals surface area contributed by atoms with E-state index in [-0.39, 0.29) is 6.61 Å². The van der Waals surface area contributed by atoms with Crippen LogP contribution in [0.1, 0.15) is 37.5 Å². The van der Waals surface area contributed by atoms with Gasteiger partial charge < -0.3 is 43.2 Å². The Balaban J connectivity index is 1.55. The van der Waals surface area contributed by atoms with Crippen LogP contribution in [0.4, 0.5) is 4.79 Å². The molecule has 0 bridgehead atoms. The van der Waals surface area contributed by atoms with Crippen molar-refractivity contribution in [1.29, 1.82) is 0 Å². The summed E-state index contributed by atoms with van der Waals surface area (Å²) in [5.41, 5.74) is 2.48. The van der Waals surface area contributed by atoms with Crippen molar-refractivity contribution in [2.45, 2.75) is 45.9 Å². The summed E-state index contributed by atoms with van der Waals surface area (Å²) >= 11 is 0. The number of aliphatic hydroxyl groups excluding tert-OH is 1. The second-order valence-electron chi connectivity index (χ2n) is 11.7. The summed E-state index contributed by atoms with van der Waals surface area (Å²) in [5.74, 6) is 1.26. The van der Waals surface area contributed by atoms with Gasteiger partial charge in [0.05, 0.1) is 66.1 Å². The summed E-state index contributed by atoms with van der Waals surface area (Å²) in [7, 11) is 0. The number of carbonyl (C=O) groups excluding carboxylic acids is 1. The summed E-state index contributed by atoms with van der Waals surface area (Å²) in [5, 5.41) is 8.69. The van der Waals surface area contributed by atoms with Crippen molar-refractivity contribution in [3.8, 4) is 11.5 Å². The molecule has 3 aromatic rings. The van der Waals surface area contributed by atoms with Crippen LogP contribution >= 0.6 is 0 Å². The van der Waals surface area contributed by atoms with E-state index in [1.54, 1.807) is 4.90 Å². The monoisotopic (exact) mass is 653 g/mol. The molecule has 1 N–H and O–H groups in total. The molecule has 10 nitrogen and oxygen atoms in total. The molecule has 47 heavy (non-hydrogen) atoms. The molecule has 258 valence electrons. The predicted molar refractivity (Wildman–Crippen MR) is 180 cm³/mol. The van der Waals surface area contributed by atoms with Crippen LogP contribution in [0, 0.1) is 0 Å². The number of benzene rings is 3. The molecule has 0 aromatic heterocycles. The molecule has 0 heterocycles. The summed E-state index contributed by atoms with van der Waals surface area (Å²) in [6, 6.07) is 25.9. The zero-order chi connectivity index (χ0) is 33.6. The Bertz CT molecular complexity index is 1250. The molecule has 10 heteroatoms. The molecule has 0 saturated carbocycles. The normalized spacial score (nSPS) is 11.3. The highest BCUT2D eigenvalue weighted by molar-refractivity contribution is 5.68. The molecular formula is C37H51NO9. The van der Waals surface area contributed by atoms with E-state index in [0.29, 0.717) is 90.7 Å². The predicted octanol–water partition coefficient (Wildman–Crippen LogP) is 5.68. The Morgan fingerprint density at radius 1 is 0.638 bits per heavy atom. The third kappa shape index (κ3) is 16.6. The van der Waals surface area contributed by atoms with Crippen LogP contribution < -0.4 is 9.47 Å². The molecule has 3 rings (SSSR count). The minimum atomic E-state index is -0.641. The molecule has 0 saturated heterocycles. The minimum Gasteiger partial charge on any atom is -0.489 e. The first kappa shape index (κ1) is 37.8. The molecule has 3 aromatic carbocycles. The number of ether oxygens (including phenoxy) is 7. The number of amides is 1. The lowest BCUT2D eigenvalue weighted by molar-refractivity contribution is -0.0101. The second kappa shape index (κ2) is 22.0. The van der Waals surface area contributed by atoms with Gasteiger partial charge in [0.2, 0.25) is 0 Å². The van der Waals surface area contributed by atoms with Crippen molar-refractivity contribution in [3.63, 3.8) is 0 Å². The zero-order valence-electron chi connectivity index (χ0n) is 28.1. The van der Waals surface area contributed by atoms with Crippen LogP contribution in [0.3, 0.4) is 0 Å². The van der Waals surface area contributed by atoms with Crippen LogP contribution in [0.5, 0.6) is 11.5 Å². The SMILES string of the molecule is CC(C)(C)OC(=O)N(CCOCCOCCOCCOCCO)Cc1ccc(OCc2ccccc2)c(OCCc2ccccc2)c1. The Hall–Kier alpha value is -3.67. The summed E-state index contributed by atoms with van der Waals surface area (Å²) in [4.78, 5) is 14.8. The van der Waals surface area contributed by atoms with Crippen LogP contribution in [0.25, 0.3) is 0 Å². The fourth-order valence-electron chi connectivity index (χ4n) is 4.32. The Kier molecular flexibility index (Phi) is 17.7. The topological polar surface area (TPSA) is 105 Å². The van der Waals surface area contributed by atoms with Crippen LogP contribution in [-0.2, 0) is 43.3 Å². The van der Waals surface area contributed by atoms with Gasteiger partial charge >= 0.3 is 6.09 Å². The van der Waals surface area contributed by atoms with Crippen LogP contribution in [-0.4, -0.2) is 94.3 Å². The van der Waals surface area contributed by atoms with E-state index >= 15 is 0 Å². The first-order valence-electron chi connectivity index (χ1n) is 16.2. The minimum absolute atomic E-state index is 0.00219. The number of hydrogen-bond acceptors (Lipinski definition) is 9. The molecule has 0 unspecified atom stereocenters. The van der Waals surface area contributed by atoms with Gasteiger partial charge in [-0.25, -0.2) is 4.79 Å². The maximum absolute atomic E-state index is 13.2. The first-order valence-corrected chi connectivity index (χ1v) is 16.2. The van der Waals surface area contributed by atoms with E-state index in [0.717, 1.165) is 17.5 Å². The van der Waals surface area contributed by atoms with Crippen molar-refractivity contribution < 1.29 is 43.1 Å². The average molecular weight is 654 g/mol. The largest absolute Gasteiger partial charge is 0.489 e. The van der Waals surface area contributed by atoms with Gasteiger partial charge in [-0.3, -0.25) is 0 Å². The van der Waals surface area contributed by atoms with E-state index < -0.39 is 11.7 Å². The van der Waals surface area contributed by atoms with Crippen molar-refractivity contribution in [3.05, 3.63) is 95.6 Å². The molecule has 0 radical (unpaired) electrons. The standard InChI is InChI=1S/C37H51NO9/c1-37(2,3)47-36(40)38(17-20-41-22-24-43-26-27-44-25-23-42-21-18-39)29-33-14-15-34(46-30-32-12-8-5-9-13-32)35(28-33)45-19-16-31-10-6-4-7-11-31/h4-15,28,39H,16-27,29-30H2,1-3H3. The number of aliphatic hydroxyl groups is 1. The fraction of sp³-hybridized carbons (Fsp3) is 0.486. The summed E-state index contributed by atoms with van der Waals surface area (Å²) in [6.45, 7) is 10.3. The molecule has 0 fully saturated rings. The summed E-state index contributed by atoms with van der Waals surface area (Å²) < 4.78 is 40.0. The second-order valence-corrected chi connectivity index (χ2v) is 11.7. The number of nitrogens with zero attached hydrogens (tertiary/aromatic N) is 1. The maximum Gasteiger partial charge on any atom is 0.410 e. The lowest BCUT2D eigenvalue weighted by atomic mass is 10.1. The highest BCUT2D eigenvalue weighted by Gasteiger charge is 2.23. The zero-order valence-corrected chi connectivity index (χ0v) is 28.1. The van der Waals surface area contributed by atoms with Gasteiger partial charge in [-0.15, -0.1) is 0 Å². The quantitative estimate of drug-likeness (QED) is 0.129. The Labute approximate surface area is 279 Å². The van der Waals surface area contributed by atoms with Gasteiger partial charge in [0.1, 0.15) is 12.2 Å². The smallest absolute Gasteiger partial charge is 0.410 e. The third-order valence-corrected chi connectivity index (χ3v) is 6.62. The average Bonchev–Trinajstić information content (AvgIpc) is 3.06. The number of hydrogen-bond donors (Lipinski definition) is 1. The third-order valence-electron chi connectivity index (χ3n) is 6.62. The molecule has 0 atom stereocenters. The van der Waals surface area contributed by atoms with E-state index in [9.17, 15) is 4.79 Å². The van der Waals surface area contributed by atoms with Gasteiger partial charge in [-0.05, 0) is 49.6 Å². The number of rotatable bonds is 23. The van der Waals surface area contributed by atoms with Crippen molar-refractivity contribution >= 4 is 6.09 Å². The lowest BCUT2D eigenvalue weighted by Crippen LogP contribution is -2.38. The molecular weight excluding hydrogens is 602 g/mol.